The van der Waals surface area contributed by atoms with Gasteiger partial charge in [-0.25, -0.2) is 9.98 Å². The number of aromatic nitrogens is 3. The summed E-state index contributed by atoms with van der Waals surface area (Å²) in [5.41, 5.74) is 3.52. The first-order valence-corrected chi connectivity index (χ1v) is 9.45. The predicted octanol–water partition coefficient (Wildman–Crippen LogP) is 2.60. The molecule has 2 aromatic heterocycles. The number of aliphatic imine (C=N–C) groups is 1. The normalized spacial score (nSPS) is 11.8. The molecule has 2 rings (SSSR count). The van der Waals surface area contributed by atoms with Crippen LogP contribution in [0.2, 0.25) is 0 Å². The fourth-order valence-corrected chi connectivity index (χ4v) is 2.93. The highest BCUT2D eigenvalue weighted by molar-refractivity contribution is 5.79. The Kier molecular flexibility index (Phi) is 7.21. The van der Waals surface area contributed by atoms with Gasteiger partial charge in [-0.15, -0.1) is 0 Å². The van der Waals surface area contributed by atoms with Gasteiger partial charge in [-0.2, -0.15) is 5.10 Å². The van der Waals surface area contributed by atoms with Gasteiger partial charge < -0.3 is 15.1 Å². The van der Waals surface area contributed by atoms with E-state index in [0.29, 0.717) is 12.5 Å². The lowest BCUT2D eigenvalue weighted by Gasteiger charge is -2.22. The van der Waals surface area contributed by atoms with Crippen LogP contribution in [0.15, 0.2) is 29.5 Å². The summed E-state index contributed by atoms with van der Waals surface area (Å²) in [6.07, 6.45) is 3.93. The molecule has 7 heteroatoms. The Morgan fingerprint density at radius 1 is 1.30 bits per heavy atom. The molecule has 27 heavy (non-hydrogen) atoms. The largest absolute Gasteiger partial charge is 0.363 e. The maximum absolute atomic E-state index is 4.82. The summed E-state index contributed by atoms with van der Waals surface area (Å²) in [4.78, 5) is 13.3. The fraction of sp³-hybridized carbons (Fsp3) is 0.550. The number of anilines is 1. The summed E-state index contributed by atoms with van der Waals surface area (Å²) in [7, 11) is 8.03. The van der Waals surface area contributed by atoms with Gasteiger partial charge in [0.15, 0.2) is 5.96 Å². The minimum Gasteiger partial charge on any atom is -0.363 e. The molecule has 0 atom stereocenters. The van der Waals surface area contributed by atoms with Crippen molar-refractivity contribution in [3.8, 4) is 0 Å². The Bertz CT molecular complexity index is 761. The van der Waals surface area contributed by atoms with Gasteiger partial charge in [-0.3, -0.25) is 4.68 Å². The van der Waals surface area contributed by atoms with E-state index >= 15 is 0 Å². The lowest BCUT2D eigenvalue weighted by Crippen LogP contribution is -2.38. The SMILES string of the molecule is CCNC(=NCc1ccnc(N(C)C)c1)N(C)Cc1cn(C)nc1C(C)C. The van der Waals surface area contributed by atoms with Crippen LogP contribution in [0.1, 0.15) is 43.5 Å². The van der Waals surface area contributed by atoms with Gasteiger partial charge in [0, 0.05) is 59.2 Å². The third-order valence-corrected chi connectivity index (χ3v) is 4.27. The zero-order chi connectivity index (χ0) is 20.0. The smallest absolute Gasteiger partial charge is 0.194 e. The van der Waals surface area contributed by atoms with Crippen LogP contribution in [-0.2, 0) is 20.1 Å². The third kappa shape index (κ3) is 5.70. The molecular weight excluding hydrogens is 338 g/mol. The summed E-state index contributed by atoms with van der Waals surface area (Å²) < 4.78 is 1.89. The third-order valence-electron chi connectivity index (χ3n) is 4.27. The number of nitrogens with one attached hydrogen (secondary N) is 1. The van der Waals surface area contributed by atoms with Gasteiger partial charge in [0.1, 0.15) is 5.82 Å². The second kappa shape index (κ2) is 9.39. The van der Waals surface area contributed by atoms with Gasteiger partial charge in [0.25, 0.3) is 0 Å². The highest BCUT2D eigenvalue weighted by Crippen LogP contribution is 2.18. The number of nitrogens with zero attached hydrogens (tertiary/aromatic N) is 6. The number of hydrogen-bond donors (Lipinski definition) is 1. The molecule has 0 saturated heterocycles. The lowest BCUT2D eigenvalue weighted by molar-refractivity contribution is 0.473. The molecule has 0 unspecified atom stereocenters. The first kappa shape index (κ1) is 20.7. The van der Waals surface area contributed by atoms with Crippen LogP contribution < -0.4 is 10.2 Å². The fourth-order valence-electron chi connectivity index (χ4n) is 2.93. The Balaban J connectivity index is 2.16. The van der Waals surface area contributed by atoms with Crippen molar-refractivity contribution in [3.63, 3.8) is 0 Å². The van der Waals surface area contributed by atoms with Crippen molar-refractivity contribution in [2.45, 2.75) is 39.8 Å². The molecule has 2 aromatic rings. The molecule has 1 N–H and O–H groups in total. The average Bonchev–Trinajstić information content (AvgIpc) is 2.99. The zero-order valence-electron chi connectivity index (χ0n) is 17.7. The highest BCUT2D eigenvalue weighted by Gasteiger charge is 2.15. The second-order valence-electron chi connectivity index (χ2n) is 7.31. The molecule has 0 radical (unpaired) electrons. The summed E-state index contributed by atoms with van der Waals surface area (Å²) in [5.74, 6) is 2.23. The molecular formula is C20H33N7. The molecule has 0 fully saturated rings. The maximum atomic E-state index is 4.82. The van der Waals surface area contributed by atoms with Crippen LogP contribution in [0.5, 0.6) is 0 Å². The van der Waals surface area contributed by atoms with Crippen LogP contribution in [0.4, 0.5) is 5.82 Å². The molecule has 0 aliphatic carbocycles. The number of aryl methyl sites for hydroxylation is 1. The standard InChI is InChI=1S/C20H33N7/c1-8-21-20(23-12-16-9-10-22-18(11-16)25(4)5)26(6)13-17-14-27(7)24-19(17)15(2)3/h9-11,14-15H,8,12-13H2,1-7H3,(H,21,23). The lowest BCUT2D eigenvalue weighted by atomic mass is 10.1. The van der Waals surface area contributed by atoms with E-state index in [1.165, 1.54) is 5.56 Å². The van der Waals surface area contributed by atoms with Crippen molar-refractivity contribution in [1.82, 2.24) is 25.0 Å². The molecule has 0 aromatic carbocycles. The Labute approximate surface area is 163 Å². The number of rotatable bonds is 7. The first-order chi connectivity index (χ1) is 12.8. The van der Waals surface area contributed by atoms with E-state index in [2.05, 4.69) is 60.4 Å². The van der Waals surface area contributed by atoms with Gasteiger partial charge in [0.05, 0.1) is 12.2 Å². The summed E-state index contributed by atoms with van der Waals surface area (Å²) in [6.45, 7) is 8.65. The number of guanidine groups is 1. The molecule has 148 valence electrons. The monoisotopic (exact) mass is 371 g/mol. The maximum Gasteiger partial charge on any atom is 0.194 e. The van der Waals surface area contributed by atoms with Crippen molar-refractivity contribution in [3.05, 3.63) is 41.3 Å². The van der Waals surface area contributed by atoms with Crippen molar-refractivity contribution < 1.29 is 0 Å². The molecule has 0 aliphatic heterocycles. The molecule has 0 aliphatic rings. The Morgan fingerprint density at radius 3 is 2.67 bits per heavy atom. The minimum atomic E-state index is 0.399. The second-order valence-corrected chi connectivity index (χ2v) is 7.31. The van der Waals surface area contributed by atoms with E-state index < -0.39 is 0 Å². The summed E-state index contributed by atoms with van der Waals surface area (Å²) >= 11 is 0. The van der Waals surface area contributed by atoms with Gasteiger partial charge in [0.2, 0.25) is 0 Å². The van der Waals surface area contributed by atoms with Gasteiger partial charge >= 0.3 is 0 Å². The number of hydrogen-bond acceptors (Lipinski definition) is 4. The van der Waals surface area contributed by atoms with E-state index in [4.69, 9.17) is 4.99 Å². The average molecular weight is 372 g/mol. The topological polar surface area (TPSA) is 61.6 Å². The van der Waals surface area contributed by atoms with E-state index in [1.54, 1.807) is 0 Å². The Hall–Kier alpha value is -2.57. The highest BCUT2D eigenvalue weighted by atomic mass is 15.3. The predicted molar refractivity (Wildman–Crippen MR) is 112 cm³/mol. The van der Waals surface area contributed by atoms with Crippen LogP contribution >= 0.6 is 0 Å². The molecule has 0 spiro atoms. The van der Waals surface area contributed by atoms with E-state index in [0.717, 1.165) is 36.1 Å². The van der Waals surface area contributed by atoms with E-state index in [-0.39, 0.29) is 0 Å². The molecule has 0 bridgehead atoms. The van der Waals surface area contributed by atoms with Crippen LogP contribution in [0, 0.1) is 0 Å². The van der Waals surface area contributed by atoms with Crippen molar-refractivity contribution in [2.75, 3.05) is 32.6 Å². The first-order valence-electron chi connectivity index (χ1n) is 9.45. The van der Waals surface area contributed by atoms with Crippen LogP contribution in [0.3, 0.4) is 0 Å². The van der Waals surface area contributed by atoms with Gasteiger partial charge in [-0.1, -0.05) is 13.8 Å². The molecule has 7 nitrogen and oxygen atoms in total. The summed E-state index contributed by atoms with van der Waals surface area (Å²) in [6, 6.07) is 4.09. The molecule has 2 heterocycles. The minimum absolute atomic E-state index is 0.399. The van der Waals surface area contributed by atoms with E-state index in [9.17, 15) is 0 Å². The van der Waals surface area contributed by atoms with Crippen molar-refractivity contribution in [2.24, 2.45) is 12.0 Å². The van der Waals surface area contributed by atoms with Crippen LogP contribution in [-0.4, -0.2) is 53.3 Å². The zero-order valence-corrected chi connectivity index (χ0v) is 17.7. The molecule has 0 amide bonds. The Morgan fingerprint density at radius 2 is 2.04 bits per heavy atom. The van der Waals surface area contributed by atoms with Crippen molar-refractivity contribution >= 4 is 11.8 Å². The molecule has 0 saturated carbocycles. The number of pyridine rings is 1. The van der Waals surface area contributed by atoms with Gasteiger partial charge in [-0.05, 0) is 30.5 Å². The quantitative estimate of drug-likeness (QED) is 0.599. The summed E-state index contributed by atoms with van der Waals surface area (Å²) in [5, 5.41) is 7.99. The van der Waals surface area contributed by atoms with Crippen molar-refractivity contribution in [1.29, 1.82) is 0 Å². The van der Waals surface area contributed by atoms with Crippen LogP contribution in [0.25, 0.3) is 0 Å². The van der Waals surface area contributed by atoms with E-state index in [1.807, 2.05) is 43.0 Å².